The van der Waals surface area contributed by atoms with E-state index in [0.29, 0.717) is 13.0 Å². The minimum Gasteiger partial charge on any atom is -0.472 e. The molecule has 1 aromatic rings. The first-order valence-corrected chi connectivity index (χ1v) is 3.79. The Bertz CT molecular complexity index is 292. The highest BCUT2D eigenvalue weighted by molar-refractivity contribution is 6.34. The highest BCUT2D eigenvalue weighted by atomic mass is 16.3. The number of carbonyl (C=O) groups is 2. The Hall–Kier alpha value is -1.78. The van der Waals surface area contributed by atoms with E-state index in [9.17, 15) is 9.59 Å². The highest BCUT2D eigenvalue weighted by Crippen LogP contribution is 1.99. The lowest BCUT2D eigenvalue weighted by atomic mass is 10.2. The Balaban J connectivity index is 2.22. The van der Waals surface area contributed by atoms with Crippen molar-refractivity contribution in [3.8, 4) is 0 Å². The summed E-state index contributed by atoms with van der Waals surface area (Å²) in [4.78, 5) is 20.9. The minimum atomic E-state index is -0.966. The number of amides is 2. The van der Waals surface area contributed by atoms with E-state index in [1.807, 2.05) is 0 Å². The monoisotopic (exact) mass is 182 g/mol. The topological polar surface area (TPSA) is 85.3 Å². The summed E-state index contributed by atoms with van der Waals surface area (Å²) in [5.41, 5.74) is 5.69. The Morgan fingerprint density at radius 3 is 2.85 bits per heavy atom. The van der Waals surface area contributed by atoms with Crippen LogP contribution in [0, 0.1) is 0 Å². The number of carbonyl (C=O) groups excluding carboxylic acids is 2. The Labute approximate surface area is 74.9 Å². The molecule has 0 aliphatic rings. The summed E-state index contributed by atoms with van der Waals surface area (Å²) in [6, 6.07) is 1.79. The van der Waals surface area contributed by atoms with Crippen LogP contribution in [0.5, 0.6) is 0 Å². The molecular weight excluding hydrogens is 172 g/mol. The van der Waals surface area contributed by atoms with Crippen molar-refractivity contribution >= 4 is 11.8 Å². The second kappa shape index (κ2) is 4.30. The lowest BCUT2D eigenvalue weighted by Gasteiger charge is -1.99. The summed E-state index contributed by atoms with van der Waals surface area (Å²) in [6.45, 7) is 0.376. The van der Waals surface area contributed by atoms with E-state index in [2.05, 4.69) is 5.32 Å². The van der Waals surface area contributed by atoms with Crippen LogP contribution in [0.25, 0.3) is 0 Å². The van der Waals surface area contributed by atoms with Crippen LogP contribution in [-0.4, -0.2) is 18.4 Å². The molecule has 1 rings (SSSR count). The lowest BCUT2D eigenvalue weighted by Crippen LogP contribution is -2.36. The number of furan rings is 1. The van der Waals surface area contributed by atoms with E-state index in [1.54, 1.807) is 18.6 Å². The van der Waals surface area contributed by atoms with Crippen LogP contribution in [0.1, 0.15) is 5.56 Å². The molecular formula is C8H10N2O3. The Morgan fingerprint density at radius 2 is 2.31 bits per heavy atom. The molecule has 0 aliphatic heterocycles. The molecule has 3 N–H and O–H groups in total. The zero-order chi connectivity index (χ0) is 9.68. The molecule has 2 amide bonds. The standard InChI is InChI=1S/C8H10N2O3/c9-7(11)8(12)10-3-1-6-2-4-13-5-6/h2,4-5H,1,3H2,(H2,9,11)(H,10,12). The van der Waals surface area contributed by atoms with Crippen molar-refractivity contribution in [2.45, 2.75) is 6.42 Å². The fourth-order valence-electron chi connectivity index (χ4n) is 0.842. The van der Waals surface area contributed by atoms with Crippen molar-refractivity contribution in [2.24, 2.45) is 5.73 Å². The maximum Gasteiger partial charge on any atom is 0.309 e. The maximum absolute atomic E-state index is 10.7. The highest BCUT2D eigenvalue weighted by Gasteiger charge is 2.06. The predicted molar refractivity (Wildman–Crippen MR) is 44.6 cm³/mol. The molecule has 0 aromatic carbocycles. The number of primary amides is 1. The largest absolute Gasteiger partial charge is 0.472 e. The van der Waals surface area contributed by atoms with Gasteiger partial charge in [0.25, 0.3) is 0 Å². The van der Waals surface area contributed by atoms with Crippen molar-refractivity contribution in [2.75, 3.05) is 6.54 Å². The summed E-state index contributed by atoms with van der Waals surface area (Å²) in [5, 5.41) is 2.37. The number of hydrogen-bond acceptors (Lipinski definition) is 3. The van der Waals surface area contributed by atoms with Gasteiger partial charge in [0.2, 0.25) is 0 Å². The van der Waals surface area contributed by atoms with Crippen LogP contribution >= 0.6 is 0 Å². The van der Waals surface area contributed by atoms with Crippen molar-refractivity contribution in [1.82, 2.24) is 5.32 Å². The van der Waals surface area contributed by atoms with Gasteiger partial charge in [-0.1, -0.05) is 0 Å². The first-order valence-electron chi connectivity index (χ1n) is 3.79. The van der Waals surface area contributed by atoms with Crippen LogP contribution < -0.4 is 11.1 Å². The number of rotatable bonds is 3. The van der Waals surface area contributed by atoms with E-state index >= 15 is 0 Å². The van der Waals surface area contributed by atoms with E-state index in [1.165, 1.54) is 0 Å². The molecule has 0 atom stereocenters. The van der Waals surface area contributed by atoms with Crippen molar-refractivity contribution in [3.63, 3.8) is 0 Å². The Morgan fingerprint density at radius 1 is 1.54 bits per heavy atom. The van der Waals surface area contributed by atoms with Gasteiger partial charge in [-0.3, -0.25) is 9.59 Å². The van der Waals surface area contributed by atoms with Gasteiger partial charge in [-0.15, -0.1) is 0 Å². The third-order valence-corrected chi connectivity index (χ3v) is 1.50. The maximum atomic E-state index is 10.7. The molecule has 0 fully saturated rings. The molecule has 70 valence electrons. The van der Waals surface area contributed by atoms with Crippen LogP contribution in [-0.2, 0) is 16.0 Å². The molecule has 5 nitrogen and oxygen atoms in total. The molecule has 0 bridgehead atoms. The summed E-state index contributed by atoms with van der Waals surface area (Å²) in [6.07, 6.45) is 3.75. The molecule has 13 heavy (non-hydrogen) atoms. The molecule has 1 aromatic heterocycles. The smallest absolute Gasteiger partial charge is 0.309 e. The van der Waals surface area contributed by atoms with Crippen molar-refractivity contribution in [1.29, 1.82) is 0 Å². The summed E-state index contributed by atoms with van der Waals surface area (Å²) >= 11 is 0. The second-order valence-corrected chi connectivity index (χ2v) is 2.50. The van der Waals surface area contributed by atoms with Gasteiger partial charge in [-0.2, -0.15) is 0 Å². The SMILES string of the molecule is NC(=O)C(=O)NCCc1ccoc1. The first-order chi connectivity index (χ1) is 6.20. The van der Waals surface area contributed by atoms with Crippen molar-refractivity contribution in [3.05, 3.63) is 24.2 Å². The normalized spacial score (nSPS) is 9.54. The Kier molecular flexibility index (Phi) is 3.08. The number of nitrogens with one attached hydrogen (secondary N) is 1. The van der Waals surface area contributed by atoms with Gasteiger partial charge in [-0.25, -0.2) is 0 Å². The van der Waals surface area contributed by atoms with Crippen LogP contribution in [0.2, 0.25) is 0 Å². The van der Waals surface area contributed by atoms with Gasteiger partial charge in [-0.05, 0) is 18.1 Å². The zero-order valence-corrected chi connectivity index (χ0v) is 6.95. The van der Waals surface area contributed by atoms with E-state index in [4.69, 9.17) is 10.2 Å². The first kappa shape index (κ1) is 9.31. The van der Waals surface area contributed by atoms with Crippen LogP contribution in [0.15, 0.2) is 23.0 Å². The molecule has 5 heteroatoms. The predicted octanol–water partition coefficient (Wildman–Crippen LogP) is -0.576. The zero-order valence-electron chi connectivity index (χ0n) is 6.95. The van der Waals surface area contributed by atoms with Gasteiger partial charge in [0.05, 0.1) is 12.5 Å². The average Bonchev–Trinajstić information content (AvgIpc) is 2.56. The third-order valence-electron chi connectivity index (χ3n) is 1.50. The van der Waals surface area contributed by atoms with E-state index < -0.39 is 11.8 Å². The molecule has 0 saturated carbocycles. The average molecular weight is 182 g/mol. The fraction of sp³-hybridized carbons (Fsp3) is 0.250. The molecule has 0 unspecified atom stereocenters. The van der Waals surface area contributed by atoms with Gasteiger partial charge < -0.3 is 15.5 Å². The molecule has 0 aliphatic carbocycles. The van der Waals surface area contributed by atoms with E-state index in [-0.39, 0.29) is 0 Å². The summed E-state index contributed by atoms with van der Waals surface area (Å²) < 4.78 is 4.82. The van der Waals surface area contributed by atoms with Gasteiger partial charge in [0.1, 0.15) is 0 Å². The van der Waals surface area contributed by atoms with Crippen molar-refractivity contribution < 1.29 is 14.0 Å². The minimum absolute atomic E-state index is 0.376. The third kappa shape index (κ3) is 2.98. The van der Waals surface area contributed by atoms with E-state index in [0.717, 1.165) is 5.56 Å². The van der Waals surface area contributed by atoms with Gasteiger partial charge in [0.15, 0.2) is 0 Å². The summed E-state index contributed by atoms with van der Waals surface area (Å²) in [7, 11) is 0. The van der Waals surface area contributed by atoms with Crippen LogP contribution in [0.3, 0.4) is 0 Å². The lowest BCUT2D eigenvalue weighted by molar-refractivity contribution is -0.137. The van der Waals surface area contributed by atoms with Crippen LogP contribution in [0.4, 0.5) is 0 Å². The number of hydrogen-bond donors (Lipinski definition) is 2. The second-order valence-electron chi connectivity index (χ2n) is 2.50. The number of nitrogens with two attached hydrogens (primary N) is 1. The fourth-order valence-corrected chi connectivity index (χ4v) is 0.842. The summed E-state index contributed by atoms with van der Waals surface area (Å²) in [5.74, 6) is -1.73. The quantitative estimate of drug-likeness (QED) is 0.613. The molecule has 0 radical (unpaired) electrons. The van der Waals surface area contributed by atoms with Gasteiger partial charge >= 0.3 is 11.8 Å². The molecule has 1 heterocycles. The molecule has 0 spiro atoms. The van der Waals surface area contributed by atoms with Gasteiger partial charge in [0, 0.05) is 6.54 Å². The molecule has 0 saturated heterocycles.